The molecule has 2 N–H and O–H groups in total. The normalized spacial score (nSPS) is 28.6. The molecule has 6 atom stereocenters. The molecular formula is C29H34N8O8. The number of hydrogen-bond acceptors (Lipinski definition) is 12. The van der Waals surface area contributed by atoms with Crippen LogP contribution >= 0.6 is 0 Å². The van der Waals surface area contributed by atoms with Gasteiger partial charge in [-0.2, -0.15) is 10.2 Å². The molecule has 3 saturated carbocycles. The summed E-state index contributed by atoms with van der Waals surface area (Å²) in [6, 6.07) is 6.87. The van der Waals surface area contributed by atoms with E-state index in [0.29, 0.717) is 17.8 Å². The van der Waals surface area contributed by atoms with Crippen LogP contribution in [-0.4, -0.2) is 31.1 Å². The van der Waals surface area contributed by atoms with Crippen LogP contribution in [0.1, 0.15) is 59.3 Å². The van der Waals surface area contributed by atoms with Gasteiger partial charge in [-0.25, -0.2) is 0 Å². The molecule has 2 aromatic rings. The van der Waals surface area contributed by atoms with Crippen molar-refractivity contribution in [3.05, 3.63) is 76.9 Å². The van der Waals surface area contributed by atoms with Crippen molar-refractivity contribution < 1.29 is 19.7 Å². The Morgan fingerprint density at radius 2 is 1.38 bits per heavy atom. The van der Waals surface area contributed by atoms with Crippen molar-refractivity contribution in [3.63, 3.8) is 0 Å². The van der Waals surface area contributed by atoms with Gasteiger partial charge in [0.05, 0.1) is 31.8 Å². The third kappa shape index (κ3) is 5.91. The first-order chi connectivity index (χ1) is 21.3. The third-order valence-electron chi connectivity index (χ3n) is 10.3. The van der Waals surface area contributed by atoms with E-state index >= 15 is 0 Å². The first-order valence-electron chi connectivity index (χ1n) is 14.8. The first-order valence-corrected chi connectivity index (χ1v) is 14.8. The predicted octanol–water partition coefficient (Wildman–Crippen LogP) is 7.06. The van der Waals surface area contributed by atoms with Crippen molar-refractivity contribution in [3.8, 4) is 0 Å². The standard InChI is InChI=1S/C29H34N8O8/c1-16-20-12-13-29(3)22(17(2)30-32-25-9-4-18(34(38)39)14-27(25)36(42)43)7-8-23(29)21(20)6-11-24(16)31-33-26-10-5-19(35(40)41)15-28(26)37(44)45/h4-5,9-10,14-16,20-23,32-33H,6-8,11-13H2,1-3H3/b30-17-,31-24+/t16-,20-,21-,22+,23-,29+/m1/s1. The van der Waals surface area contributed by atoms with E-state index in [2.05, 4.69) is 34.9 Å². The summed E-state index contributed by atoms with van der Waals surface area (Å²) in [5.74, 6) is 1.63. The number of nitro benzene ring substituents is 4. The zero-order chi connectivity index (χ0) is 32.6. The van der Waals surface area contributed by atoms with Gasteiger partial charge >= 0.3 is 11.4 Å². The molecule has 0 radical (unpaired) electrons. The van der Waals surface area contributed by atoms with Crippen LogP contribution < -0.4 is 10.9 Å². The Kier molecular flexibility index (Phi) is 8.49. The Morgan fingerprint density at radius 1 is 0.800 bits per heavy atom. The summed E-state index contributed by atoms with van der Waals surface area (Å²) in [6.45, 7) is 6.37. The molecule has 16 heteroatoms. The molecule has 0 bridgehead atoms. The predicted molar refractivity (Wildman–Crippen MR) is 166 cm³/mol. The fourth-order valence-electron chi connectivity index (χ4n) is 8.10. The molecule has 3 fully saturated rings. The van der Waals surface area contributed by atoms with E-state index < -0.39 is 31.1 Å². The quantitative estimate of drug-likeness (QED) is 0.164. The van der Waals surface area contributed by atoms with Crippen molar-refractivity contribution in [2.75, 3.05) is 10.9 Å². The summed E-state index contributed by atoms with van der Waals surface area (Å²) in [7, 11) is 0. The van der Waals surface area contributed by atoms with Crippen LogP contribution in [0.2, 0.25) is 0 Å². The van der Waals surface area contributed by atoms with Crippen LogP contribution in [0.4, 0.5) is 34.1 Å². The van der Waals surface area contributed by atoms with Crippen LogP contribution in [0, 0.1) is 75.5 Å². The van der Waals surface area contributed by atoms with E-state index in [0.717, 1.165) is 62.1 Å². The molecule has 3 aliphatic carbocycles. The molecule has 0 heterocycles. The molecule has 16 nitrogen and oxygen atoms in total. The van der Waals surface area contributed by atoms with Crippen molar-refractivity contribution in [2.24, 2.45) is 45.2 Å². The summed E-state index contributed by atoms with van der Waals surface area (Å²) in [5.41, 5.74) is 5.99. The largest absolute Gasteiger partial charge is 0.301 e. The van der Waals surface area contributed by atoms with Gasteiger partial charge in [-0.1, -0.05) is 13.8 Å². The highest BCUT2D eigenvalue weighted by atomic mass is 16.6. The van der Waals surface area contributed by atoms with Crippen molar-refractivity contribution in [1.29, 1.82) is 0 Å². The maximum absolute atomic E-state index is 11.5. The minimum atomic E-state index is -0.677. The Balaban J connectivity index is 1.29. The lowest BCUT2D eigenvalue weighted by atomic mass is 9.52. The topological polar surface area (TPSA) is 221 Å². The number of anilines is 2. The van der Waals surface area contributed by atoms with Crippen LogP contribution in [-0.2, 0) is 0 Å². The average molecular weight is 623 g/mol. The molecule has 5 rings (SSSR count). The van der Waals surface area contributed by atoms with Crippen LogP contribution in [0.5, 0.6) is 0 Å². The van der Waals surface area contributed by atoms with Gasteiger partial charge in [0.25, 0.3) is 11.4 Å². The monoisotopic (exact) mass is 622 g/mol. The van der Waals surface area contributed by atoms with Gasteiger partial charge in [0, 0.05) is 29.5 Å². The second-order valence-corrected chi connectivity index (χ2v) is 12.4. The molecular weight excluding hydrogens is 588 g/mol. The van der Waals surface area contributed by atoms with E-state index in [1.807, 2.05) is 6.92 Å². The third-order valence-corrected chi connectivity index (χ3v) is 10.3. The molecule has 0 unspecified atom stereocenters. The number of hydrazone groups is 2. The maximum Gasteiger partial charge on any atom is 0.301 e. The van der Waals surface area contributed by atoms with Crippen molar-refractivity contribution >= 4 is 45.5 Å². The Morgan fingerprint density at radius 3 is 1.93 bits per heavy atom. The van der Waals surface area contributed by atoms with E-state index in [-0.39, 0.29) is 40.0 Å². The molecule has 0 saturated heterocycles. The van der Waals surface area contributed by atoms with Crippen molar-refractivity contribution in [2.45, 2.75) is 59.3 Å². The fraction of sp³-hybridized carbons (Fsp3) is 0.517. The summed E-state index contributed by atoms with van der Waals surface area (Å²) in [4.78, 5) is 42.5. The van der Waals surface area contributed by atoms with Gasteiger partial charge in [0.2, 0.25) is 0 Å². The molecule has 0 spiro atoms. The zero-order valence-electron chi connectivity index (χ0n) is 25.0. The second kappa shape index (κ2) is 12.2. The number of rotatable bonds is 9. The lowest BCUT2D eigenvalue weighted by molar-refractivity contribution is -0.393. The number of nitro groups is 4. The highest BCUT2D eigenvalue weighted by Crippen LogP contribution is 2.62. The van der Waals surface area contributed by atoms with E-state index in [1.54, 1.807) is 0 Å². The highest BCUT2D eigenvalue weighted by Gasteiger charge is 2.56. The van der Waals surface area contributed by atoms with Crippen LogP contribution in [0.15, 0.2) is 46.6 Å². The summed E-state index contributed by atoms with van der Waals surface area (Å²) >= 11 is 0. The van der Waals surface area contributed by atoms with Gasteiger partial charge in [-0.05, 0) is 86.7 Å². The fourth-order valence-corrected chi connectivity index (χ4v) is 8.10. The Labute approximate surface area is 257 Å². The molecule has 45 heavy (non-hydrogen) atoms. The van der Waals surface area contributed by atoms with Crippen LogP contribution in [0.25, 0.3) is 0 Å². The number of benzene rings is 2. The number of nitrogens with zero attached hydrogens (tertiary/aromatic N) is 6. The lowest BCUT2D eigenvalue weighted by Crippen LogP contribution is -2.48. The Hall–Kier alpha value is -5.02. The second-order valence-electron chi connectivity index (χ2n) is 12.4. The maximum atomic E-state index is 11.5. The zero-order valence-corrected chi connectivity index (χ0v) is 25.0. The molecule has 2 aromatic carbocycles. The number of nitrogens with one attached hydrogen (secondary N) is 2. The minimum absolute atomic E-state index is 0.0101. The Bertz CT molecular complexity index is 1630. The first kappa shape index (κ1) is 31.4. The van der Waals surface area contributed by atoms with Gasteiger partial charge in [-0.15, -0.1) is 0 Å². The summed E-state index contributed by atoms with van der Waals surface area (Å²) < 4.78 is 0. The van der Waals surface area contributed by atoms with Crippen molar-refractivity contribution in [1.82, 2.24) is 0 Å². The van der Waals surface area contributed by atoms with E-state index in [4.69, 9.17) is 0 Å². The number of non-ortho nitro benzene ring substituents is 2. The van der Waals surface area contributed by atoms with E-state index in [1.165, 1.54) is 24.3 Å². The molecule has 0 aromatic heterocycles. The molecule has 3 aliphatic rings. The SMILES string of the molecule is C/C(=N/Nc1ccc([N+](=O)[O-])cc1[N+](=O)[O-])[C@@H]1CC[C@@H]2[C@@H]3CC/C(=N\Nc4ccc([N+](=O)[O-])cc4[N+](=O)[O-])[C@H](C)[C@H]3CC[C@]21C. The van der Waals surface area contributed by atoms with Gasteiger partial charge in [-0.3, -0.25) is 51.3 Å². The molecule has 0 amide bonds. The average Bonchev–Trinajstić information content (AvgIpc) is 3.36. The van der Waals surface area contributed by atoms with Gasteiger partial charge < -0.3 is 0 Å². The molecule has 0 aliphatic heterocycles. The minimum Gasteiger partial charge on any atom is -0.272 e. The number of hydrogen-bond donors (Lipinski definition) is 2. The summed E-state index contributed by atoms with van der Waals surface area (Å²) in [6.07, 6.45) is 5.55. The van der Waals surface area contributed by atoms with Gasteiger partial charge in [0.1, 0.15) is 11.4 Å². The van der Waals surface area contributed by atoms with Crippen LogP contribution in [0.3, 0.4) is 0 Å². The van der Waals surface area contributed by atoms with E-state index in [9.17, 15) is 40.5 Å². The smallest absolute Gasteiger partial charge is 0.272 e. The van der Waals surface area contributed by atoms with Gasteiger partial charge in [0.15, 0.2) is 0 Å². The molecule has 238 valence electrons. The lowest BCUT2D eigenvalue weighted by Gasteiger charge is -2.52. The summed E-state index contributed by atoms with van der Waals surface area (Å²) in [5, 5.41) is 54.3. The highest BCUT2D eigenvalue weighted by molar-refractivity contribution is 5.89. The number of fused-ring (bicyclic) bond motifs is 3.